The molecule has 0 aliphatic carbocycles. The van der Waals surface area contributed by atoms with Gasteiger partial charge < -0.3 is 10.1 Å². The normalized spacial score (nSPS) is 10.2. The zero-order valence-electron chi connectivity index (χ0n) is 16.8. The van der Waals surface area contributed by atoms with Crippen LogP contribution in [-0.2, 0) is 4.74 Å². The van der Waals surface area contributed by atoms with Crippen molar-refractivity contribution in [3.8, 4) is 11.8 Å². The van der Waals surface area contributed by atoms with Gasteiger partial charge in [0.1, 0.15) is 23.3 Å². The summed E-state index contributed by atoms with van der Waals surface area (Å²) in [5.74, 6) is 0.238. The maximum atomic E-state index is 12.6. The van der Waals surface area contributed by atoms with Crippen molar-refractivity contribution in [2.45, 2.75) is 0 Å². The molecule has 0 unspecified atom stereocenters. The van der Waals surface area contributed by atoms with Crippen LogP contribution in [0.4, 0.5) is 22.2 Å². The fraction of sp³-hybridized carbons (Fsp3) is 0.211. The molecular weight excluding hydrogens is 402 g/mol. The Bertz CT molecular complexity index is 1110. The lowest BCUT2D eigenvalue weighted by atomic mass is 10.2. The molecule has 0 saturated carbocycles. The average molecular weight is 421 g/mol. The Morgan fingerprint density at radius 1 is 1.39 bits per heavy atom. The van der Waals surface area contributed by atoms with E-state index in [1.54, 1.807) is 31.6 Å². The third-order valence-corrected chi connectivity index (χ3v) is 4.13. The predicted octanol–water partition coefficient (Wildman–Crippen LogP) is 1.47. The van der Waals surface area contributed by atoms with E-state index in [2.05, 4.69) is 30.7 Å². The van der Waals surface area contributed by atoms with E-state index in [9.17, 15) is 14.9 Å². The van der Waals surface area contributed by atoms with Crippen LogP contribution >= 0.6 is 0 Å². The van der Waals surface area contributed by atoms with Gasteiger partial charge in [-0.2, -0.15) is 10.4 Å². The second kappa shape index (κ2) is 9.90. The number of rotatable bonds is 8. The topological polar surface area (TPSA) is 151 Å². The van der Waals surface area contributed by atoms with Gasteiger partial charge >= 0.3 is 6.03 Å². The lowest BCUT2D eigenvalue weighted by Crippen LogP contribution is -2.33. The van der Waals surface area contributed by atoms with Gasteiger partial charge in [0.25, 0.3) is 0 Å². The number of aldehydes is 1. The van der Waals surface area contributed by atoms with Crippen LogP contribution in [0.3, 0.4) is 0 Å². The second-order valence-electron chi connectivity index (χ2n) is 6.14. The van der Waals surface area contributed by atoms with E-state index in [1.807, 2.05) is 6.07 Å². The Hall–Kier alpha value is -4.37. The van der Waals surface area contributed by atoms with Crippen LogP contribution in [0.5, 0.6) is 0 Å². The first-order valence-corrected chi connectivity index (χ1v) is 9.07. The number of nitrogens with zero attached hydrogens (tertiary/aromatic N) is 7. The third-order valence-electron chi connectivity index (χ3n) is 4.13. The molecule has 0 saturated heterocycles. The first-order valence-electron chi connectivity index (χ1n) is 9.07. The van der Waals surface area contributed by atoms with Gasteiger partial charge in [0, 0.05) is 45.4 Å². The van der Waals surface area contributed by atoms with E-state index in [4.69, 9.17) is 4.74 Å². The number of aromatic nitrogens is 5. The van der Waals surface area contributed by atoms with Crippen LogP contribution in [-0.4, -0.2) is 64.4 Å². The van der Waals surface area contributed by atoms with Crippen LogP contribution < -0.4 is 15.5 Å². The van der Waals surface area contributed by atoms with E-state index in [0.29, 0.717) is 36.4 Å². The van der Waals surface area contributed by atoms with E-state index < -0.39 is 6.03 Å². The number of hydrogen-bond donors (Lipinski definition) is 2. The number of nitrogens with one attached hydrogen (secondary N) is 2. The third kappa shape index (κ3) is 4.98. The van der Waals surface area contributed by atoms with Crippen LogP contribution in [0.25, 0.3) is 5.69 Å². The molecule has 0 atom stereocenters. The number of carbonyl (C=O) groups is 2. The van der Waals surface area contributed by atoms with Crippen molar-refractivity contribution in [2.24, 2.45) is 0 Å². The van der Waals surface area contributed by atoms with Gasteiger partial charge in [0.05, 0.1) is 24.1 Å². The Morgan fingerprint density at radius 3 is 2.90 bits per heavy atom. The number of carbonyl (C=O) groups excluding carboxylic acids is 2. The first-order chi connectivity index (χ1) is 15.1. The fourth-order valence-electron chi connectivity index (χ4n) is 2.55. The van der Waals surface area contributed by atoms with Gasteiger partial charge in [-0.05, 0) is 6.07 Å². The summed E-state index contributed by atoms with van der Waals surface area (Å²) in [5.41, 5.74) is 1.30. The van der Waals surface area contributed by atoms with E-state index >= 15 is 0 Å². The van der Waals surface area contributed by atoms with Crippen molar-refractivity contribution in [3.05, 3.63) is 48.2 Å². The minimum Gasteiger partial charge on any atom is -0.383 e. The van der Waals surface area contributed by atoms with E-state index in [-0.39, 0.29) is 17.5 Å². The lowest BCUT2D eigenvalue weighted by Gasteiger charge is -2.17. The summed E-state index contributed by atoms with van der Waals surface area (Å²) in [5, 5.41) is 18.9. The summed E-state index contributed by atoms with van der Waals surface area (Å²) in [6, 6.07) is 4.69. The Morgan fingerprint density at radius 2 is 2.23 bits per heavy atom. The lowest BCUT2D eigenvalue weighted by molar-refractivity contribution is 0.111. The molecule has 2 N–H and O–H groups in total. The molecule has 3 heterocycles. The van der Waals surface area contributed by atoms with Gasteiger partial charge in [-0.1, -0.05) is 0 Å². The summed E-state index contributed by atoms with van der Waals surface area (Å²) < 4.78 is 6.43. The van der Waals surface area contributed by atoms with Gasteiger partial charge in [0.2, 0.25) is 5.95 Å². The summed E-state index contributed by atoms with van der Waals surface area (Å²) >= 11 is 0. The predicted molar refractivity (Wildman–Crippen MR) is 111 cm³/mol. The van der Waals surface area contributed by atoms with Crippen molar-refractivity contribution in [1.82, 2.24) is 24.7 Å². The molecule has 0 aliphatic heterocycles. The molecule has 0 fully saturated rings. The SMILES string of the molecule is COCCNc1cc(NC(=O)N(C)c2ncc(-n3cccn3)c(C=O)n2)ncc1C#N. The summed E-state index contributed by atoms with van der Waals surface area (Å²) in [7, 11) is 3.02. The van der Waals surface area contributed by atoms with Gasteiger partial charge in [-0.25, -0.2) is 24.4 Å². The molecule has 3 rings (SSSR count). The summed E-state index contributed by atoms with van der Waals surface area (Å²) in [4.78, 5) is 37.6. The number of pyridine rings is 1. The number of hydrogen-bond acceptors (Lipinski definition) is 9. The quantitative estimate of drug-likeness (QED) is 0.407. The number of methoxy groups -OCH3 is 1. The number of anilines is 3. The molecule has 3 aromatic rings. The Labute approximate surface area is 177 Å². The van der Waals surface area contributed by atoms with Crippen molar-refractivity contribution < 1.29 is 14.3 Å². The van der Waals surface area contributed by atoms with Crippen molar-refractivity contribution in [2.75, 3.05) is 42.8 Å². The Balaban J connectivity index is 1.77. The van der Waals surface area contributed by atoms with Crippen molar-refractivity contribution in [3.63, 3.8) is 0 Å². The van der Waals surface area contributed by atoms with Crippen LogP contribution in [0.15, 0.2) is 36.9 Å². The van der Waals surface area contributed by atoms with Gasteiger partial charge in [-0.3, -0.25) is 15.0 Å². The molecule has 0 aromatic carbocycles. The number of nitriles is 1. The smallest absolute Gasteiger partial charge is 0.329 e. The molecule has 2 amide bonds. The average Bonchev–Trinajstić information content (AvgIpc) is 3.33. The highest BCUT2D eigenvalue weighted by atomic mass is 16.5. The maximum Gasteiger partial charge on any atom is 0.329 e. The summed E-state index contributed by atoms with van der Waals surface area (Å²) in [6.07, 6.45) is 6.53. The summed E-state index contributed by atoms with van der Waals surface area (Å²) in [6.45, 7) is 0.927. The highest BCUT2D eigenvalue weighted by Crippen LogP contribution is 2.19. The second-order valence-corrected chi connectivity index (χ2v) is 6.14. The number of amides is 2. The minimum atomic E-state index is -0.580. The molecule has 0 bridgehead atoms. The van der Waals surface area contributed by atoms with Crippen LogP contribution in [0.1, 0.15) is 16.1 Å². The number of ether oxygens (including phenoxy) is 1. The minimum absolute atomic E-state index is 0.0163. The Kier molecular flexibility index (Phi) is 6.82. The highest BCUT2D eigenvalue weighted by Gasteiger charge is 2.18. The first kappa shape index (κ1) is 21.3. The zero-order valence-corrected chi connectivity index (χ0v) is 16.8. The van der Waals surface area contributed by atoms with Crippen molar-refractivity contribution in [1.29, 1.82) is 5.26 Å². The van der Waals surface area contributed by atoms with Gasteiger partial charge in [-0.15, -0.1) is 0 Å². The molecular formula is C19H19N9O3. The molecule has 12 nitrogen and oxygen atoms in total. The van der Waals surface area contributed by atoms with Crippen molar-refractivity contribution >= 4 is 29.8 Å². The van der Waals surface area contributed by atoms with Crippen LogP contribution in [0, 0.1) is 11.3 Å². The van der Waals surface area contributed by atoms with Gasteiger partial charge in [0.15, 0.2) is 6.29 Å². The largest absolute Gasteiger partial charge is 0.383 e. The van der Waals surface area contributed by atoms with E-state index in [1.165, 1.54) is 24.1 Å². The fourth-order valence-corrected chi connectivity index (χ4v) is 2.55. The molecule has 31 heavy (non-hydrogen) atoms. The maximum absolute atomic E-state index is 12.6. The number of urea groups is 1. The monoisotopic (exact) mass is 421 g/mol. The molecule has 0 aliphatic rings. The van der Waals surface area contributed by atoms with E-state index in [0.717, 1.165) is 4.90 Å². The highest BCUT2D eigenvalue weighted by molar-refractivity contribution is 6.00. The van der Waals surface area contributed by atoms with Crippen LogP contribution in [0.2, 0.25) is 0 Å². The standard InChI is InChI=1S/C19H19N9O3/c1-27(18-23-11-16(15(12-29)25-18)28-6-3-4-24-28)19(30)26-17-8-14(21-5-7-31-2)13(9-20)10-22-17/h3-4,6,8,10-12H,5,7H2,1-2H3,(H2,21,22,26,30). The molecule has 0 spiro atoms. The zero-order chi connectivity index (χ0) is 22.2. The molecule has 0 radical (unpaired) electrons. The molecule has 3 aromatic heterocycles. The molecule has 158 valence electrons. The molecule has 12 heteroatoms.